The van der Waals surface area contributed by atoms with E-state index in [1.807, 2.05) is 0 Å². The third kappa shape index (κ3) is 2.31. The van der Waals surface area contributed by atoms with Crippen LogP contribution in [0.1, 0.15) is 32.1 Å². The SMILES string of the molecule is [C]1CCCCCCO1. The average Bonchev–Trinajstić information content (AvgIpc) is 1.62. The average molecular weight is 112 g/mol. The van der Waals surface area contributed by atoms with Crippen LogP contribution in [0.15, 0.2) is 0 Å². The van der Waals surface area contributed by atoms with Crippen molar-refractivity contribution in [2.45, 2.75) is 32.1 Å². The molecule has 1 heteroatoms. The highest BCUT2D eigenvalue weighted by atomic mass is 16.5. The first kappa shape index (κ1) is 6.09. The van der Waals surface area contributed by atoms with Crippen molar-refractivity contribution in [3.63, 3.8) is 0 Å². The molecule has 0 spiro atoms. The second-order valence-corrected chi connectivity index (χ2v) is 2.16. The van der Waals surface area contributed by atoms with Crippen molar-refractivity contribution >= 4 is 0 Å². The van der Waals surface area contributed by atoms with Crippen molar-refractivity contribution in [3.8, 4) is 0 Å². The first-order valence-electron chi connectivity index (χ1n) is 3.35. The van der Waals surface area contributed by atoms with E-state index in [-0.39, 0.29) is 0 Å². The molecule has 0 aromatic carbocycles. The van der Waals surface area contributed by atoms with Gasteiger partial charge < -0.3 is 4.74 Å². The molecule has 0 saturated carbocycles. The first-order valence-corrected chi connectivity index (χ1v) is 3.35. The summed E-state index contributed by atoms with van der Waals surface area (Å²) >= 11 is 0. The molecular formula is C7H12O. The summed E-state index contributed by atoms with van der Waals surface area (Å²) in [6, 6.07) is 0. The second-order valence-electron chi connectivity index (χ2n) is 2.16. The maximum atomic E-state index is 5.02. The van der Waals surface area contributed by atoms with Crippen molar-refractivity contribution in [1.82, 2.24) is 0 Å². The highest BCUT2D eigenvalue weighted by Gasteiger charge is 1.96. The highest BCUT2D eigenvalue weighted by Crippen LogP contribution is 2.09. The van der Waals surface area contributed by atoms with Crippen LogP contribution in [0.2, 0.25) is 0 Å². The molecule has 1 aliphatic rings. The van der Waals surface area contributed by atoms with Gasteiger partial charge in [-0.05, 0) is 12.8 Å². The zero-order valence-corrected chi connectivity index (χ0v) is 5.15. The van der Waals surface area contributed by atoms with Gasteiger partial charge in [0.15, 0.2) is 0 Å². The van der Waals surface area contributed by atoms with E-state index in [0.717, 1.165) is 13.0 Å². The van der Waals surface area contributed by atoms with Gasteiger partial charge >= 0.3 is 0 Å². The molecule has 1 saturated heterocycles. The zero-order valence-electron chi connectivity index (χ0n) is 5.15. The van der Waals surface area contributed by atoms with Crippen molar-refractivity contribution < 1.29 is 4.74 Å². The third-order valence-corrected chi connectivity index (χ3v) is 1.38. The van der Waals surface area contributed by atoms with Gasteiger partial charge in [-0.15, -0.1) is 0 Å². The van der Waals surface area contributed by atoms with E-state index in [1.165, 1.54) is 25.7 Å². The Balaban J connectivity index is 2.00. The summed E-state index contributed by atoms with van der Waals surface area (Å²) in [4.78, 5) is 0. The van der Waals surface area contributed by atoms with Gasteiger partial charge in [-0.25, -0.2) is 0 Å². The van der Waals surface area contributed by atoms with Crippen LogP contribution >= 0.6 is 0 Å². The van der Waals surface area contributed by atoms with E-state index in [2.05, 4.69) is 6.61 Å². The largest absolute Gasteiger partial charge is 0.369 e. The van der Waals surface area contributed by atoms with Gasteiger partial charge in [-0.1, -0.05) is 19.3 Å². The lowest BCUT2D eigenvalue weighted by atomic mass is 10.1. The Kier molecular flexibility index (Phi) is 2.97. The molecule has 0 atom stereocenters. The van der Waals surface area contributed by atoms with E-state index >= 15 is 0 Å². The minimum Gasteiger partial charge on any atom is -0.369 e. The molecule has 1 heterocycles. The topological polar surface area (TPSA) is 9.23 Å². The Bertz CT molecular complexity index is 28.3. The number of hydrogen-bond donors (Lipinski definition) is 0. The summed E-state index contributed by atoms with van der Waals surface area (Å²) in [6.07, 6.45) is 6.20. The summed E-state index contributed by atoms with van der Waals surface area (Å²) in [5, 5.41) is 0. The van der Waals surface area contributed by atoms with Gasteiger partial charge in [0.05, 0.1) is 0 Å². The lowest BCUT2D eigenvalue weighted by Gasteiger charge is -2.06. The molecular weight excluding hydrogens is 100 g/mol. The monoisotopic (exact) mass is 112 g/mol. The number of ether oxygens (including phenoxy) is 1. The van der Waals surface area contributed by atoms with Crippen LogP contribution in [-0.4, -0.2) is 6.61 Å². The molecule has 0 amide bonds. The predicted molar refractivity (Wildman–Crippen MR) is 32.3 cm³/mol. The van der Waals surface area contributed by atoms with E-state index in [9.17, 15) is 0 Å². The molecule has 8 heavy (non-hydrogen) atoms. The van der Waals surface area contributed by atoms with Crippen molar-refractivity contribution in [2.75, 3.05) is 6.61 Å². The Morgan fingerprint density at radius 3 is 2.88 bits per heavy atom. The van der Waals surface area contributed by atoms with Crippen LogP contribution in [0.3, 0.4) is 0 Å². The third-order valence-electron chi connectivity index (χ3n) is 1.38. The molecule has 2 radical (unpaired) electrons. The smallest absolute Gasteiger partial charge is 0.132 e. The van der Waals surface area contributed by atoms with Crippen LogP contribution in [0, 0.1) is 6.61 Å². The number of hydrogen-bond acceptors (Lipinski definition) is 1. The lowest BCUT2D eigenvalue weighted by molar-refractivity contribution is 0.174. The quantitative estimate of drug-likeness (QED) is 0.465. The highest BCUT2D eigenvalue weighted by molar-refractivity contribution is 4.55. The molecule has 0 N–H and O–H groups in total. The summed E-state index contributed by atoms with van der Waals surface area (Å²) in [5.41, 5.74) is 0. The Morgan fingerprint density at radius 2 is 1.88 bits per heavy atom. The lowest BCUT2D eigenvalue weighted by Crippen LogP contribution is -1.95. The molecule has 0 bridgehead atoms. The summed E-state index contributed by atoms with van der Waals surface area (Å²) in [6.45, 7) is 3.78. The van der Waals surface area contributed by atoms with Crippen LogP contribution < -0.4 is 0 Å². The van der Waals surface area contributed by atoms with Crippen molar-refractivity contribution in [2.24, 2.45) is 0 Å². The maximum Gasteiger partial charge on any atom is 0.132 e. The standard InChI is InChI=1S/C7H12O/c1-2-4-6-8-7-5-3-1/h1-6H2. The van der Waals surface area contributed by atoms with Crippen LogP contribution in [0.5, 0.6) is 0 Å². The minimum absolute atomic E-state index is 0.889. The predicted octanol–water partition coefficient (Wildman–Crippen LogP) is 2.01. The van der Waals surface area contributed by atoms with E-state index in [4.69, 9.17) is 4.74 Å². The van der Waals surface area contributed by atoms with Crippen LogP contribution in [-0.2, 0) is 4.74 Å². The van der Waals surface area contributed by atoms with Gasteiger partial charge in [-0.2, -0.15) is 0 Å². The van der Waals surface area contributed by atoms with Gasteiger partial charge in [-0.3, -0.25) is 0 Å². The molecule has 0 unspecified atom stereocenters. The molecule has 1 rings (SSSR count). The Labute approximate surface area is 51.0 Å². The van der Waals surface area contributed by atoms with Crippen molar-refractivity contribution in [3.05, 3.63) is 6.61 Å². The summed E-state index contributed by atoms with van der Waals surface area (Å²) in [5.74, 6) is 0. The zero-order chi connectivity index (χ0) is 5.66. The van der Waals surface area contributed by atoms with Gasteiger partial charge in [0, 0.05) is 6.61 Å². The second kappa shape index (κ2) is 3.90. The molecule has 0 aromatic rings. The fourth-order valence-corrected chi connectivity index (χ4v) is 0.869. The van der Waals surface area contributed by atoms with Crippen LogP contribution in [0.25, 0.3) is 0 Å². The minimum atomic E-state index is 0.889. The summed E-state index contributed by atoms with van der Waals surface area (Å²) < 4.78 is 5.02. The fraction of sp³-hybridized carbons (Fsp3) is 0.857. The van der Waals surface area contributed by atoms with Gasteiger partial charge in [0.1, 0.15) is 6.61 Å². The maximum absolute atomic E-state index is 5.02. The Morgan fingerprint density at radius 1 is 1.00 bits per heavy atom. The summed E-state index contributed by atoms with van der Waals surface area (Å²) in [7, 11) is 0. The molecule has 0 aliphatic carbocycles. The normalized spacial score (nSPS) is 24.0. The molecule has 46 valence electrons. The van der Waals surface area contributed by atoms with E-state index in [0.29, 0.717) is 0 Å². The molecule has 0 aromatic heterocycles. The molecule has 1 fully saturated rings. The first-order chi connectivity index (χ1) is 4.00. The molecule has 1 nitrogen and oxygen atoms in total. The fourth-order valence-electron chi connectivity index (χ4n) is 0.869. The van der Waals surface area contributed by atoms with E-state index in [1.54, 1.807) is 0 Å². The van der Waals surface area contributed by atoms with Crippen LogP contribution in [0.4, 0.5) is 0 Å². The van der Waals surface area contributed by atoms with Crippen molar-refractivity contribution in [1.29, 1.82) is 0 Å². The number of rotatable bonds is 0. The molecule has 1 aliphatic heterocycles. The van der Waals surface area contributed by atoms with Gasteiger partial charge in [0.25, 0.3) is 0 Å². The van der Waals surface area contributed by atoms with E-state index < -0.39 is 0 Å². The van der Waals surface area contributed by atoms with Gasteiger partial charge in [0.2, 0.25) is 0 Å². The Hall–Kier alpha value is -0.0400.